The van der Waals surface area contributed by atoms with Gasteiger partial charge in [-0.15, -0.1) is 6.42 Å². The zero-order chi connectivity index (χ0) is 13.6. The SMILES string of the molecule is C=C1CC[C-](N2Cc3c(N)cccc3C2=O)C(=O)N1.[Y]. The summed E-state index contributed by atoms with van der Waals surface area (Å²) in [6, 6.07) is 5.76. The van der Waals surface area contributed by atoms with Gasteiger partial charge in [-0.25, -0.2) is 6.04 Å². The second-order valence-corrected chi connectivity index (χ2v) is 4.77. The molecule has 20 heavy (non-hydrogen) atoms. The van der Waals surface area contributed by atoms with E-state index >= 15 is 0 Å². The van der Waals surface area contributed by atoms with Crippen molar-refractivity contribution in [2.75, 3.05) is 5.73 Å². The molecule has 0 aromatic heterocycles. The number of nitrogens with zero attached hydrogens (tertiary/aromatic N) is 1. The Morgan fingerprint density at radius 2 is 2.10 bits per heavy atom. The van der Waals surface area contributed by atoms with Gasteiger partial charge in [-0.05, 0) is 18.6 Å². The Balaban J connectivity index is 0.00000147. The maximum atomic E-state index is 12.3. The third-order valence-electron chi connectivity index (χ3n) is 3.55. The van der Waals surface area contributed by atoms with Crippen LogP contribution in [-0.4, -0.2) is 16.7 Å². The first-order valence-corrected chi connectivity index (χ1v) is 6.12. The quantitative estimate of drug-likeness (QED) is 0.593. The molecule has 2 amide bonds. The third kappa shape index (κ3) is 2.36. The number of amides is 2. The Kier molecular flexibility index (Phi) is 4.20. The standard InChI is InChI=1S/C14H14N3O2.Y/c1-8-5-6-12(13(18)16-8)17-7-10-9(14(17)19)3-2-4-11(10)15;/h2-4H,1,5-7,15H2,(H,16,18);/q-1;. The van der Waals surface area contributed by atoms with E-state index in [4.69, 9.17) is 5.73 Å². The molecule has 0 bridgehead atoms. The number of allylic oxidation sites excluding steroid dienone is 1. The van der Waals surface area contributed by atoms with E-state index in [9.17, 15) is 9.59 Å². The molecule has 2 aliphatic rings. The number of carbonyl (C=O) groups excluding carboxylic acids is 2. The minimum absolute atomic E-state index is 0. The van der Waals surface area contributed by atoms with Crippen LogP contribution in [-0.2, 0) is 44.0 Å². The van der Waals surface area contributed by atoms with E-state index in [2.05, 4.69) is 11.9 Å². The van der Waals surface area contributed by atoms with Crippen LogP contribution in [0.1, 0.15) is 28.8 Å². The van der Waals surface area contributed by atoms with Crippen molar-refractivity contribution in [2.24, 2.45) is 0 Å². The fraction of sp³-hybridized carbons (Fsp3) is 0.214. The average Bonchev–Trinajstić information content (AvgIpc) is 2.69. The molecule has 1 fully saturated rings. The molecule has 5 nitrogen and oxygen atoms in total. The van der Waals surface area contributed by atoms with E-state index in [1.165, 1.54) is 4.90 Å². The predicted molar refractivity (Wildman–Crippen MR) is 70.5 cm³/mol. The van der Waals surface area contributed by atoms with Gasteiger partial charge in [0, 0.05) is 61.8 Å². The zero-order valence-electron chi connectivity index (χ0n) is 11.0. The van der Waals surface area contributed by atoms with Crippen molar-refractivity contribution in [1.29, 1.82) is 0 Å². The normalized spacial score (nSPS) is 17.7. The van der Waals surface area contributed by atoms with Gasteiger partial charge in [0.05, 0.1) is 0 Å². The van der Waals surface area contributed by atoms with Gasteiger partial charge >= 0.3 is 0 Å². The van der Waals surface area contributed by atoms with Gasteiger partial charge < -0.3 is 20.7 Å². The summed E-state index contributed by atoms with van der Waals surface area (Å²) in [7, 11) is 0. The van der Waals surface area contributed by atoms with Crippen molar-refractivity contribution in [1.82, 2.24) is 10.2 Å². The van der Waals surface area contributed by atoms with Crippen LogP contribution in [0.2, 0.25) is 0 Å². The summed E-state index contributed by atoms with van der Waals surface area (Å²) >= 11 is 0. The van der Waals surface area contributed by atoms with Gasteiger partial charge in [0.25, 0.3) is 0 Å². The fourth-order valence-corrected chi connectivity index (χ4v) is 2.51. The van der Waals surface area contributed by atoms with E-state index in [1.807, 2.05) is 0 Å². The van der Waals surface area contributed by atoms with Crippen LogP contribution >= 0.6 is 0 Å². The maximum Gasteiger partial charge on any atom is 0.228 e. The fourth-order valence-electron chi connectivity index (χ4n) is 2.51. The molecular formula is C14H14N3O2Y-. The number of fused-ring (bicyclic) bond motifs is 1. The summed E-state index contributed by atoms with van der Waals surface area (Å²) in [5, 5.41) is 2.67. The molecule has 1 aromatic rings. The zero-order valence-corrected chi connectivity index (χ0v) is 13.8. The molecule has 0 atom stereocenters. The molecule has 3 N–H and O–H groups in total. The number of anilines is 1. The van der Waals surface area contributed by atoms with Gasteiger partial charge in [-0.2, -0.15) is 0 Å². The van der Waals surface area contributed by atoms with Gasteiger partial charge in [-0.1, -0.05) is 12.6 Å². The van der Waals surface area contributed by atoms with Crippen LogP contribution in [0, 0.1) is 6.04 Å². The first kappa shape index (κ1) is 15.1. The molecule has 0 unspecified atom stereocenters. The molecule has 6 heteroatoms. The number of nitrogens with two attached hydrogens (primary N) is 1. The van der Waals surface area contributed by atoms with E-state index in [0.29, 0.717) is 42.4 Å². The third-order valence-corrected chi connectivity index (χ3v) is 3.55. The number of nitrogen functional groups attached to an aromatic ring is 1. The Hall–Kier alpha value is -1.33. The largest absolute Gasteiger partial charge is 0.458 e. The minimum Gasteiger partial charge on any atom is -0.458 e. The van der Waals surface area contributed by atoms with Crippen LogP contribution in [0.4, 0.5) is 5.69 Å². The summed E-state index contributed by atoms with van der Waals surface area (Å²) < 4.78 is 0. The summed E-state index contributed by atoms with van der Waals surface area (Å²) in [6.45, 7) is 4.10. The molecule has 0 spiro atoms. The van der Waals surface area contributed by atoms with Crippen LogP contribution in [0.5, 0.6) is 0 Å². The number of rotatable bonds is 1. The molecule has 0 saturated carbocycles. The summed E-state index contributed by atoms with van der Waals surface area (Å²) in [6.07, 6.45) is 1.20. The molecule has 2 aliphatic heterocycles. The average molecular weight is 345 g/mol. The smallest absolute Gasteiger partial charge is 0.228 e. The number of carbonyl (C=O) groups is 2. The molecule has 0 aliphatic carbocycles. The molecule has 1 saturated heterocycles. The van der Waals surface area contributed by atoms with E-state index in [-0.39, 0.29) is 44.5 Å². The number of nitrogens with one attached hydrogen (secondary N) is 1. The topological polar surface area (TPSA) is 75.4 Å². The van der Waals surface area contributed by atoms with Crippen molar-refractivity contribution in [3.05, 3.63) is 47.6 Å². The van der Waals surface area contributed by atoms with Crippen molar-refractivity contribution in [3.8, 4) is 0 Å². The molecule has 3 rings (SSSR count). The monoisotopic (exact) mass is 345 g/mol. The predicted octanol–water partition coefficient (Wildman–Crippen LogP) is 1.18. The minimum atomic E-state index is -0.240. The second kappa shape index (κ2) is 5.58. The Labute approximate surface area is 142 Å². The number of benzene rings is 1. The molecule has 101 valence electrons. The van der Waals surface area contributed by atoms with E-state index in [1.54, 1.807) is 18.2 Å². The molecular weight excluding hydrogens is 331 g/mol. The van der Waals surface area contributed by atoms with Crippen LogP contribution in [0.15, 0.2) is 30.5 Å². The first-order chi connectivity index (χ1) is 9.08. The van der Waals surface area contributed by atoms with Crippen molar-refractivity contribution in [2.45, 2.75) is 19.4 Å². The first-order valence-electron chi connectivity index (χ1n) is 6.12. The van der Waals surface area contributed by atoms with Gasteiger partial charge in [0.1, 0.15) is 5.91 Å². The second-order valence-electron chi connectivity index (χ2n) is 4.77. The van der Waals surface area contributed by atoms with Crippen molar-refractivity contribution < 1.29 is 42.3 Å². The number of hydrogen-bond donors (Lipinski definition) is 2. The van der Waals surface area contributed by atoms with Crippen molar-refractivity contribution >= 4 is 17.5 Å². The van der Waals surface area contributed by atoms with Crippen LogP contribution in [0.3, 0.4) is 0 Å². The van der Waals surface area contributed by atoms with Gasteiger partial charge in [0.2, 0.25) is 5.91 Å². The summed E-state index contributed by atoms with van der Waals surface area (Å²) in [5.74, 6) is -0.393. The van der Waals surface area contributed by atoms with Crippen LogP contribution < -0.4 is 11.1 Å². The number of hydrogen-bond acceptors (Lipinski definition) is 3. The van der Waals surface area contributed by atoms with E-state index in [0.717, 1.165) is 5.56 Å². The van der Waals surface area contributed by atoms with Crippen molar-refractivity contribution in [3.63, 3.8) is 0 Å². The van der Waals surface area contributed by atoms with Gasteiger partial charge in [0.15, 0.2) is 0 Å². The Morgan fingerprint density at radius 3 is 2.75 bits per heavy atom. The van der Waals surface area contributed by atoms with E-state index < -0.39 is 0 Å². The van der Waals surface area contributed by atoms with Crippen LogP contribution in [0.25, 0.3) is 0 Å². The molecule has 1 aromatic carbocycles. The summed E-state index contributed by atoms with van der Waals surface area (Å²) in [4.78, 5) is 25.8. The molecule has 2 heterocycles. The number of piperidine rings is 1. The summed E-state index contributed by atoms with van der Waals surface area (Å²) in [5.41, 5.74) is 8.55. The molecule has 1 radical (unpaired) electrons. The maximum absolute atomic E-state index is 12.3. The van der Waals surface area contributed by atoms with Gasteiger partial charge in [-0.3, -0.25) is 4.79 Å². The Morgan fingerprint density at radius 1 is 1.35 bits per heavy atom. The Bertz CT molecular complexity index is 600.